The second-order valence-corrected chi connectivity index (χ2v) is 7.31. The van der Waals surface area contributed by atoms with Gasteiger partial charge in [0, 0.05) is 38.8 Å². The number of hydrogen-bond acceptors (Lipinski definition) is 6. The minimum absolute atomic E-state index is 0.00131. The standard InChI is InChI=1S/C21H31N3O5/c1-17(2)24(10-9-20(26)28-3)19(25)15-22-11-13-23(14-12-22)21(27)29-16-18-7-5-4-6-8-18/h4-8,17H,9-16H2,1-3H3. The zero-order valence-electron chi connectivity index (χ0n) is 17.5. The molecule has 29 heavy (non-hydrogen) atoms. The summed E-state index contributed by atoms with van der Waals surface area (Å²) in [5, 5.41) is 0. The van der Waals surface area contributed by atoms with Crippen molar-refractivity contribution < 1.29 is 23.9 Å². The number of ether oxygens (including phenoxy) is 2. The van der Waals surface area contributed by atoms with Crippen molar-refractivity contribution >= 4 is 18.0 Å². The van der Waals surface area contributed by atoms with Crippen LogP contribution in [-0.4, -0.2) is 85.1 Å². The Bertz CT molecular complexity index is 672. The highest BCUT2D eigenvalue weighted by atomic mass is 16.6. The van der Waals surface area contributed by atoms with Crippen LogP contribution in [0, 0.1) is 0 Å². The summed E-state index contributed by atoms with van der Waals surface area (Å²) in [5.74, 6) is -0.352. The minimum Gasteiger partial charge on any atom is -0.469 e. The lowest BCUT2D eigenvalue weighted by Crippen LogP contribution is -2.52. The van der Waals surface area contributed by atoms with E-state index in [0.717, 1.165) is 5.56 Å². The lowest BCUT2D eigenvalue weighted by atomic mass is 10.2. The first-order valence-corrected chi connectivity index (χ1v) is 9.95. The quantitative estimate of drug-likeness (QED) is 0.613. The number of rotatable bonds is 8. The number of benzene rings is 1. The molecule has 2 amide bonds. The zero-order chi connectivity index (χ0) is 21.2. The molecule has 0 unspecified atom stereocenters. The van der Waals surface area contributed by atoms with Crippen molar-refractivity contribution in [3.05, 3.63) is 35.9 Å². The van der Waals surface area contributed by atoms with Crippen LogP contribution in [0.4, 0.5) is 4.79 Å². The first-order valence-electron chi connectivity index (χ1n) is 9.95. The van der Waals surface area contributed by atoms with E-state index in [1.807, 2.05) is 49.1 Å². The maximum atomic E-state index is 12.7. The van der Waals surface area contributed by atoms with Crippen LogP contribution in [0.3, 0.4) is 0 Å². The van der Waals surface area contributed by atoms with Crippen molar-refractivity contribution in [2.75, 3.05) is 46.4 Å². The molecule has 0 N–H and O–H groups in total. The number of nitrogens with zero attached hydrogens (tertiary/aromatic N) is 3. The van der Waals surface area contributed by atoms with Crippen LogP contribution in [0.15, 0.2) is 30.3 Å². The van der Waals surface area contributed by atoms with Crippen LogP contribution in [0.2, 0.25) is 0 Å². The molecule has 2 rings (SSSR count). The zero-order valence-corrected chi connectivity index (χ0v) is 17.5. The van der Waals surface area contributed by atoms with Crippen LogP contribution in [-0.2, 0) is 25.7 Å². The third-order valence-corrected chi connectivity index (χ3v) is 4.92. The molecule has 8 nitrogen and oxygen atoms in total. The predicted molar refractivity (Wildman–Crippen MR) is 108 cm³/mol. The van der Waals surface area contributed by atoms with Gasteiger partial charge in [-0.05, 0) is 19.4 Å². The van der Waals surface area contributed by atoms with Crippen molar-refractivity contribution in [3.63, 3.8) is 0 Å². The number of carbonyl (C=O) groups is 3. The van der Waals surface area contributed by atoms with Gasteiger partial charge in [0.05, 0.1) is 20.1 Å². The molecular formula is C21H31N3O5. The molecule has 1 saturated heterocycles. The first-order chi connectivity index (χ1) is 13.9. The molecule has 1 aromatic rings. The second kappa shape index (κ2) is 11.4. The largest absolute Gasteiger partial charge is 0.469 e. The Labute approximate surface area is 172 Å². The summed E-state index contributed by atoms with van der Waals surface area (Å²) in [6.07, 6.45) is -0.150. The summed E-state index contributed by atoms with van der Waals surface area (Å²) in [6.45, 7) is 6.97. The topological polar surface area (TPSA) is 79.4 Å². The van der Waals surface area contributed by atoms with Gasteiger partial charge < -0.3 is 19.3 Å². The van der Waals surface area contributed by atoms with E-state index in [2.05, 4.69) is 4.74 Å². The molecule has 0 bridgehead atoms. The van der Waals surface area contributed by atoms with Gasteiger partial charge in [-0.2, -0.15) is 0 Å². The average molecular weight is 405 g/mol. The highest BCUT2D eigenvalue weighted by molar-refractivity contribution is 5.79. The van der Waals surface area contributed by atoms with Crippen LogP contribution >= 0.6 is 0 Å². The summed E-state index contributed by atoms with van der Waals surface area (Å²) in [5.41, 5.74) is 0.950. The van der Waals surface area contributed by atoms with E-state index >= 15 is 0 Å². The fraction of sp³-hybridized carbons (Fsp3) is 0.571. The molecular weight excluding hydrogens is 374 g/mol. The third-order valence-electron chi connectivity index (χ3n) is 4.92. The van der Waals surface area contributed by atoms with Gasteiger partial charge in [0.1, 0.15) is 6.61 Å². The molecule has 0 aromatic heterocycles. The van der Waals surface area contributed by atoms with E-state index in [9.17, 15) is 14.4 Å². The van der Waals surface area contributed by atoms with E-state index < -0.39 is 0 Å². The maximum absolute atomic E-state index is 12.7. The smallest absolute Gasteiger partial charge is 0.410 e. The summed E-state index contributed by atoms with van der Waals surface area (Å²) >= 11 is 0. The maximum Gasteiger partial charge on any atom is 0.410 e. The Morgan fingerprint density at radius 3 is 2.31 bits per heavy atom. The van der Waals surface area contributed by atoms with Crippen LogP contribution in [0.5, 0.6) is 0 Å². The average Bonchev–Trinajstić information content (AvgIpc) is 2.73. The fourth-order valence-electron chi connectivity index (χ4n) is 3.17. The van der Waals surface area contributed by atoms with E-state index in [1.165, 1.54) is 7.11 Å². The summed E-state index contributed by atoms with van der Waals surface area (Å²) in [6, 6.07) is 9.56. The number of hydrogen-bond donors (Lipinski definition) is 0. The van der Waals surface area contributed by atoms with Crippen molar-refractivity contribution in [2.45, 2.75) is 32.9 Å². The van der Waals surface area contributed by atoms with Crippen LogP contribution < -0.4 is 0 Å². The van der Waals surface area contributed by atoms with Gasteiger partial charge >= 0.3 is 12.1 Å². The predicted octanol–water partition coefficient (Wildman–Crippen LogP) is 1.74. The van der Waals surface area contributed by atoms with Crippen LogP contribution in [0.1, 0.15) is 25.8 Å². The van der Waals surface area contributed by atoms with Gasteiger partial charge in [0.25, 0.3) is 0 Å². The number of esters is 1. The Morgan fingerprint density at radius 1 is 1.07 bits per heavy atom. The monoisotopic (exact) mass is 405 g/mol. The van der Waals surface area contributed by atoms with Gasteiger partial charge in [-0.3, -0.25) is 14.5 Å². The van der Waals surface area contributed by atoms with E-state index in [-0.39, 0.29) is 43.6 Å². The molecule has 0 radical (unpaired) electrons. The van der Waals surface area contributed by atoms with Gasteiger partial charge in [-0.25, -0.2) is 4.79 Å². The lowest BCUT2D eigenvalue weighted by molar-refractivity contribution is -0.142. The summed E-state index contributed by atoms with van der Waals surface area (Å²) in [7, 11) is 1.34. The SMILES string of the molecule is COC(=O)CCN(C(=O)CN1CCN(C(=O)OCc2ccccc2)CC1)C(C)C. The van der Waals surface area contributed by atoms with Crippen molar-refractivity contribution in [1.29, 1.82) is 0 Å². The molecule has 1 aromatic carbocycles. The van der Waals surface area contributed by atoms with E-state index in [0.29, 0.717) is 32.7 Å². The second-order valence-electron chi connectivity index (χ2n) is 7.31. The summed E-state index contributed by atoms with van der Waals surface area (Å²) < 4.78 is 10.0. The number of amides is 2. The number of piperazine rings is 1. The molecule has 1 heterocycles. The molecule has 0 spiro atoms. The van der Waals surface area contributed by atoms with E-state index in [1.54, 1.807) is 9.80 Å². The molecule has 1 aliphatic rings. The van der Waals surface area contributed by atoms with Gasteiger partial charge in [-0.15, -0.1) is 0 Å². The van der Waals surface area contributed by atoms with Gasteiger partial charge in [-0.1, -0.05) is 30.3 Å². The fourth-order valence-corrected chi connectivity index (χ4v) is 3.17. The van der Waals surface area contributed by atoms with Crippen molar-refractivity contribution in [2.24, 2.45) is 0 Å². The summed E-state index contributed by atoms with van der Waals surface area (Å²) in [4.78, 5) is 41.7. The Hall–Kier alpha value is -2.61. The molecule has 0 aliphatic carbocycles. The van der Waals surface area contributed by atoms with Crippen molar-refractivity contribution in [1.82, 2.24) is 14.7 Å². The Kier molecular flexibility index (Phi) is 8.92. The molecule has 0 saturated carbocycles. The molecule has 8 heteroatoms. The van der Waals surface area contributed by atoms with Crippen LogP contribution in [0.25, 0.3) is 0 Å². The normalized spacial score (nSPS) is 14.6. The van der Waals surface area contributed by atoms with Crippen molar-refractivity contribution in [3.8, 4) is 0 Å². The minimum atomic E-state index is -0.332. The highest BCUT2D eigenvalue weighted by Gasteiger charge is 2.26. The number of methoxy groups -OCH3 is 1. The van der Waals surface area contributed by atoms with Gasteiger partial charge in [0.15, 0.2) is 0 Å². The lowest BCUT2D eigenvalue weighted by Gasteiger charge is -2.35. The van der Waals surface area contributed by atoms with E-state index in [4.69, 9.17) is 4.74 Å². The molecule has 160 valence electrons. The third kappa shape index (κ3) is 7.38. The Balaban J connectivity index is 1.75. The molecule has 0 atom stereocenters. The molecule has 1 fully saturated rings. The number of carbonyl (C=O) groups excluding carboxylic acids is 3. The highest BCUT2D eigenvalue weighted by Crippen LogP contribution is 2.09. The molecule has 1 aliphatic heterocycles. The van der Waals surface area contributed by atoms with Gasteiger partial charge in [0.2, 0.25) is 5.91 Å². The Morgan fingerprint density at radius 2 is 1.72 bits per heavy atom. The first kappa shape index (κ1) is 22.7.